The fourth-order valence-electron chi connectivity index (χ4n) is 3.46. The van der Waals surface area contributed by atoms with E-state index in [1.54, 1.807) is 12.1 Å². The van der Waals surface area contributed by atoms with Crippen molar-refractivity contribution in [2.45, 2.75) is 32.6 Å². The van der Waals surface area contributed by atoms with Crippen LogP contribution in [0.15, 0.2) is 47.1 Å². The molecule has 0 radical (unpaired) electrons. The minimum absolute atomic E-state index is 0.217. The molecule has 2 heterocycles. The van der Waals surface area contributed by atoms with Crippen molar-refractivity contribution in [3.05, 3.63) is 64.4 Å². The molecule has 150 valence electrons. The molecule has 0 atom stereocenters. The van der Waals surface area contributed by atoms with Gasteiger partial charge in [-0.2, -0.15) is 0 Å². The van der Waals surface area contributed by atoms with Crippen LogP contribution in [0, 0.1) is 0 Å². The molecule has 0 unspecified atom stereocenters. The van der Waals surface area contributed by atoms with Gasteiger partial charge in [0.25, 0.3) is 11.8 Å². The number of nitrogens with one attached hydrogen (secondary N) is 2. The average molecular weight is 410 g/mol. The van der Waals surface area contributed by atoms with Gasteiger partial charge in [-0.15, -0.1) is 11.3 Å². The van der Waals surface area contributed by atoms with Gasteiger partial charge >= 0.3 is 0 Å². The fourth-order valence-corrected chi connectivity index (χ4v) is 4.74. The van der Waals surface area contributed by atoms with Crippen LogP contribution in [0.4, 0.5) is 10.7 Å². The highest BCUT2D eigenvalue weighted by molar-refractivity contribution is 7.17. The minimum atomic E-state index is -0.358. The smallest absolute Gasteiger partial charge is 0.291 e. The second-order valence-electron chi connectivity index (χ2n) is 6.76. The number of amides is 2. The van der Waals surface area contributed by atoms with Crippen LogP contribution in [-0.2, 0) is 12.8 Å². The third-order valence-corrected chi connectivity index (χ3v) is 6.00. The number of fused-ring (bicyclic) bond motifs is 1. The second-order valence-corrected chi connectivity index (χ2v) is 7.86. The summed E-state index contributed by atoms with van der Waals surface area (Å²) >= 11 is 1.48. The molecular formula is C22H22N2O4S. The van der Waals surface area contributed by atoms with E-state index in [-0.39, 0.29) is 17.6 Å². The monoisotopic (exact) mass is 410 g/mol. The number of carbonyl (C=O) groups excluding carboxylic acids is 2. The molecule has 0 saturated carbocycles. The van der Waals surface area contributed by atoms with Crippen LogP contribution in [0.5, 0.6) is 5.75 Å². The maximum atomic E-state index is 13.1. The third kappa shape index (κ3) is 4.19. The molecule has 1 aliphatic rings. The standard InChI is InChI=1S/C22H22N2O4S/c1-2-27-15-11-9-14(10-12-15)23-21(26)19-16-6-3-4-8-18(16)29-22(19)24-20(25)17-7-5-13-28-17/h5,7,9-13H,2-4,6,8H2,1H3,(H,23,26)(H,24,25). The third-order valence-electron chi connectivity index (χ3n) is 4.79. The number of hydrogen-bond acceptors (Lipinski definition) is 5. The lowest BCUT2D eigenvalue weighted by Crippen LogP contribution is -2.18. The van der Waals surface area contributed by atoms with Gasteiger partial charge < -0.3 is 19.8 Å². The number of furan rings is 1. The van der Waals surface area contributed by atoms with E-state index in [0.717, 1.165) is 37.0 Å². The summed E-state index contributed by atoms with van der Waals surface area (Å²) in [6, 6.07) is 10.5. The highest BCUT2D eigenvalue weighted by atomic mass is 32.1. The summed E-state index contributed by atoms with van der Waals surface area (Å²) in [5.74, 6) is 0.395. The van der Waals surface area contributed by atoms with E-state index < -0.39 is 0 Å². The van der Waals surface area contributed by atoms with E-state index in [1.165, 1.54) is 22.5 Å². The molecule has 2 N–H and O–H groups in total. The first-order valence-corrected chi connectivity index (χ1v) is 10.5. The van der Waals surface area contributed by atoms with Gasteiger partial charge in [-0.1, -0.05) is 0 Å². The van der Waals surface area contributed by atoms with Crippen LogP contribution in [0.1, 0.15) is 51.1 Å². The molecule has 2 amide bonds. The van der Waals surface area contributed by atoms with Gasteiger partial charge in [0.15, 0.2) is 5.76 Å². The van der Waals surface area contributed by atoms with Crippen molar-refractivity contribution in [1.82, 2.24) is 0 Å². The SMILES string of the molecule is CCOc1ccc(NC(=O)c2c(NC(=O)c3ccco3)sc3c2CCCC3)cc1. The zero-order valence-corrected chi connectivity index (χ0v) is 16.9. The summed E-state index contributed by atoms with van der Waals surface area (Å²) in [5, 5.41) is 6.39. The summed E-state index contributed by atoms with van der Waals surface area (Å²) in [5.41, 5.74) is 2.27. The normalized spacial score (nSPS) is 12.9. The Morgan fingerprint density at radius 1 is 1.07 bits per heavy atom. The minimum Gasteiger partial charge on any atom is -0.494 e. The molecule has 0 saturated heterocycles. The summed E-state index contributed by atoms with van der Waals surface area (Å²) in [6.07, 6.45) is 5.36. The van der Waals surface area contributed by atoms with Crippen molar-refractivity contribution in [3.63, 3.8) is 0 Å². The largest absolute Gasteiger partial charge is 0.494 e. The number of benzene rings is 1. The van der Waals surface area contributed by atoms with Crippen LogP contribution in [0.3, 0.4) is 0 Å². The number of anilines is 2. The molecule has 3 aromatic rings. The molecule has 0 fully saturated rings. The van der Waals surface area contributed by atoms with Crippen molar-refractivity contribution in [3.8, 4) is 5.75 Å². The maximum Gasteiger partial charge on any atom is 0.291 e. The van der Waals surface area contributed by atoms with Crippen LogP contribution < -0.4 is 15.4 Å². The Morgan fingerprint density at radius 2 is 1.86 bits per heavy atom. The molecule has 1 aromatic carbocycles. The summed E-state index contributed by atoms with van der Waals surface area (Å²) in [7, 11) is 0. The number of carbonyl (C=O) groups is 2. The Morgan fingerprint density at radius 3 is 2.59 bits per heavy atom. The van der Waals surface area contributed by atoms with E-state index in [4.69, 9.17) is 9.15 Å². The second kappa shape index (κ2) is 8.53. The Bertz CT molecular complexity index is 1010. The molecule has 1 aliphatic carbocycles. The number of rotatable bonds is 6. The molecule has 7 heteroatoms. The summed E-state index contributed by atoms with van der Waals surface area (Å²) < 4.78 is 10.6. The molecular weight excluding hydrogens is 388 g/mol. The predicted octanol–water partition coefficient (Wildman–Crippen LogP) is 5.12. The summed E-state index contributed by atoms with van der Waals surface area (Å²) in [4.78, 5) is 26.8. The van der Waals surface area contributed by atoms with Crippen molar-refractivity contribution in [2.75, 3.05) is 17.2 Å². The molecule has 29 heavy (non-hydrogen) atoms. The van der Waals surface area contributed by atoms with Crippen molar-refractivity contribution < 1.29 is 18.7 Å². The topological polar surface area (TPSA) is 80.6 Å². The Balaban J connectivity index is 1.59. The van der Waals surface area contributed by atoms with Crippen molar-refractivity contribution in [1.29, 1.82) is 0 Å². The first-order valence-electron chi connectivity index (χ1n) is 9.69. The van der Waals surface area contributed by atoms with E-state index in [2.05, 4.69) is 10.6 Å². The highest BCUT2D eigenvalue weighted by Gasteiger charge is 2.27. The van der Waals surface area contributed by atoms with Gasteiger partial charge in [0.2, 0.25) is 0 Å². The highest BCUT2D eigenvalue weighted by Crippen LogP contribution is 2.38. The van der Waals surface area contributed by atoms with E-state index >= 15 is 0 Å². The van der Waals surface area contributed by atoms with Crippen LogP contribution >= 0.6 is 11.3 Å². The Labute approximate surface area is 172 Å². The zero-order chi connectivity index (χ0) is 20.2. The number of aryl methyl sites for hydroxylation is 1. The van der Waals surface area contributed by atoms with Gasteiger partial charge in [-0.3, -0.25) is 9.59 Å². The van der Waals surface area contributed by atoms with E-state index in [1.807, 2.05) is 31.2 Å². The first kappa shape index (κ1) is 19.3. The zero-order valence-electron chi connectivity index (χ0n) is 16.1. The van der Waals surface area contributed by atoms with E-state index in [9.17, 15) is 9.59 Å². The lowest BCUT2D eigenvalue weighted by Gasteiger charge is -2.13. The molecule has 2 aromatic heterocycles. The van der Waals surface area contributed by atoms with Gasteiger partial charge in [0.1, 0.15) is 10.8 Å². The summed E-state index contributed by atoms with van der Waals surface area (Å²) in [6.45, 7) is 2.51. The molecule has 0 aliphatic heterocycles. The molecule has 0 spiro atoms. The number of ether oxygens (including phenoxy) is 1. The lowest BCUT2D eigenvalue weighted by atomic mass is 9.95. The lowest BCUT2D eigenvalue weighted by molar-refractivity contribution is 0.0997. The van der Waals surface area contributed by atoms with Crippen molar-refractivity contribution >= 4 is 33.8 Å². The molecule has 6 nitrogen and oxygen atoms in total. The molecule has 0 bridgehead atoms. The predicted molar refractivity (Wildman–Crippen MR) is 113 cm³/mol. The van der Waals surface area contributed by atoms with Crippen LogP contribution in [-0.4, -0.2) is 18.4 Å². The Kier molecular flexibility index (Phi) is 5.67. The fraction of sp³-hybridized carbons (Fsp3) is 0.273. The van der Waals surface area contributed by atoms with Crippen LogP contribution in [0.25, 0.3) is 0 Å². The van der Waals surface area contributed by atoms with Crippen molar-refractivity contribution in [2.24, 2.45) is 0 Å². The average Bonchev–Trinajstić information content (AvgIpc) is 3.37. The number of thiophene rings is 1. The van der Waals surface area contributed by atoms with Gasteiger partial charge in [-0.25, -0.2) is 0 Å². The molecule has 4 rings (SSSR count). The van der Waals surface area contributed by atoms with Gasteiger partial charge in [-0.05, 0) is 74.6 Å². The van der Waals surface area contributed by atoms with Gasteiger partial charge in [0.05, 0.1) is 18.4 Å². The first-order chi connectivity index (χ1) is 14.2. The van der Waals surface area contributed by atoms with Crippen LogP contribution in [0.2, 0.25) is 0 Å². The van der Waals surface area contributed by atoms with Gasteiger partial charge in [0, 0.05) is 10.6 Å². The Hall–Kier alpha value is -3.06. The maximum absolute atomic E-state index is 13.1. The number of hydrogen-bond donors (Lipinski definition) is 2. The quantitative estimate of drug-likeness (QED) is 0.591. The van der Waals surface area contributed by atoms with E-state index in [0.29, 0.717) is 22.9 Å².